The summed E-state index contributed by atoms with van der Waals surface area (Å²) in [5.41, 5.74) is 4.32. The van der Waals surface area contributed by atoms with Crippen LogP contribution >= 0.6 is 0 Å². The number of methoxy groups -OCH3 is 1. The molecule has 23 heavy (non-hydrogen) atoms. The van der Waals surface area contributed by atoms with E-state index in [0.29, 0.717) is 0 Å². The summed E-state index contributed by atoms with van der Waals surface area (Å²) in [4.78, 5) is 12.2. The quantitative estimate of drug-likeness (QED) is 0.841. The van der Waals surface area contributed by atoms with Gasteiger partial charge in [0.25, 0.3) is 0 Å². The van der Waals surface area contributed by atoms with E-state index in [9.17, 15) is 4.79 Å². The number of aryl methyl sites for hydroxylation is 2. The maximum atomic E-state index is 12.2. The molecule has 2 aromatic carbocycles. The van der Waals surface area contributed by atoms with Crippen molar-refractivity contribution in [3.8, 4) is 5.75 Å². The summed E-state index contributed by atoms with van der Waals surface area (Å²) in [5, 5.41) is 2.99. The van der Waals surface area contributed by atoms with E-state index < -0.39 is 0 Å². The van der Waals surface area contributed by atoms with Crippen LogP contribution in [0.3, 0.4) is 0 Å². The van der Waals surface area contributed by atoms with E-state index in [1.807, 2.05) is 63.2 Å². The Kier molecular flexibility index (Phi) is 5.58. The molecule has 0 aromatic heterocycles. The highest BCUT2D eigenvalue weighted by atomic mass is 16.5. The SMILES string of the molecule is COc1ccc(C)cc1/C=C/C(=O)NC(C)c1ccccc1C. The van der Waals surface area contributed by atoms with Gasteiger partial charge in [-0.25, -0.2) is 0 Å². The van der Waals surface area contributed by atoms with E-state index in [1.54, 1.807) is 19.3 Å². The van der Waals surface area contributed by atoms with Gasteiger partial charge in [0, 0.05) is 11.6 Å². The minimum atomic E-state index is -0.121. The van der Waals surface area contributed by atoms with Crippen LogP contribution in [0.1, 0.15) is 35.2 Å². The van der Waals surface area contributed by atoms with Crippen LogP contribution < -0.4 is 10.1 Å². The van der Waals surface area contributed by atoms with E-state index >= 15 is 0 Å². The van der Waals surface area contributed by atoms with Gasteiger partial charge < -0.3 is 10.1 Å². The normalized spacial score (nSPS) is 12.2. The maximum Gasteiger partial charge on any atom is 0.244 e. The lowest BCUT2D eigenvalue weighted by atomic mass is 10.0. The summed E-state index contributed by atoms with van der Waals surface area (Å²) in [6, 6.07) is 13.9. The average molecular weight is 309 g/mol. The van der Waals surface area contributed by atoms with E-state index in [0.717, 1.165) is 22.4 Å². The molecule has 1 amide bonds. The van der Waals surface area contributed by atoms with Crippen LogP contribution in [-0.4, -0.2) is 13.0 Å². The molecule has 0 aliphatic rings. The first-order valence-corrected chi connectivity index (χ1v) is 7.70. The van der Waals surface area contributed by atoms with Crippen LogP contribution in [0.15, 0.2) is 48.5 Å². The highest BCUT2D eigenvalue weighted by Gasteiger charge is 2.09. The molecule has 2 rings (SSSR count). The van der Waals surface area contributed by atoms with E-state index in [1.165, 1.54) is 5.56 Å². The molecule has 0 aliphatic carbocycles. The molecule has 0 saturated carbocycles. The van der Waals surface area contributed by atoms with Crippen molar-refractivity contribution in [2.45, 2.75) is 26.8 Å². The molecule has 0 radical (unpaired) electrons. The molecular formula is C20H23NO2. The van der Waals surface area contributed by atoms with Gasteiger partial charge >= 0.3 is 0 Å². The Labute approximate surface area is 138 Å². The fraction of sp³-hybridized carbons (Fsp3) is 0.250. The van der Waals surface area contributed by atoms with E-state index in [-0.39, 0.29) is 11.9 Å². The second-order valence-electron chi connectivity index (χ2n) is 5.67. The summed E-state index contributed by atoms with van der Waals surface area (Å²) < 4.78 is 5.32. The van der Waals surface area contributed by atoms with Gasteiger partial charge in [0.05, 0.1) is 13.2 Å². The Bertz CT molecular complexity index is 719. The molecule has 0 aliphatic heterocycles. The standard InChI is InChI=1S/C20H23NO2/c1-14-9-11-19(23-4)17(13-14)10-12-20(22)21-16(3)18-8-6-5-7-15(18)2/h5-13,16H,1-4H3,(H,21,22)/b12-10+. The molecule has 120 valence electrons. The van der Waals surface area contributed by atoms with Crippen molar-refractivity contribution >= 4 is 12.0 Å². The number of nitrogens with one attached hydrogen (secondary N) is 1. The summed E-state index contributed by atoms with van der Waals surface area (Å²) in [6.45, 7) is 6.05. The largest absolute Gasteiger partial charge is 0.496 e. The van der Waals surface area contributed by atoms with Gasteiger partial charge in [-0.2, -0.15) is 0 Å². The molecule has 0 bridgehead atoms. The van der Waals surface area contributed by atoms with Crippen molar-refractivity contribution in [2.75, 3.05) is 7.11 Å². The molecule has 0 heterocycles. The van der Waals surface area contributed by atoms with Gasteiger partial charge in [-0.1, -0.05) is 35.9 Å². The summed E-state index contributed by atoms with van der Waals surface area (Å²) in [5.74, 6) is 0.635. The molecular weight excluding hydrogens is 286 g/mol. The number of amides is 1. The highest BCUT2D eigenvalue weighted by molar-refractivity contribution is 5.92. The Morgan fingerprint density at radius 3 is 2.61 bits per heavy atom. The molecule has 1 N–H and O–H groups in total. The molecule has 0 fully saturated rings. The van der Waals surface area contributed by atoms with Crippen LogP contribution in [0, 0.1) is 13.8 Å². The lowest BCUT2D eigenvalue weighted by Gasteiger charge is -2.15. The van der Waals surface area contributed by atoms with Crippen molar-refractivity contribution in [3.05, 3.63) is 70.8 Å². The monoisotopic (exact) mass is 309 g/mol. The third-order valence-corrected chi connectivity index (χ3v) is 3.81. The first-order valence-electron chi connectivity index (χ1n) is 7.70. The van der Waals surface area contributed by atoms with Crippen LogP contribution in [-0.2, 0) is 4.79 Å². The molecule has 0 saturated heterocycles. The first kappa shape index (κ1) is 16.8. The third-order valence-electron chi connectivity index (χ3n) is 3.81. The maximum absolute atomic E-state index is 12.2. The van der Waals surface area contributed by atoms with Gasteiger partial charge in [0.15, 0.2) is 0 Å². The zero-order valence-corrected chi connectivity index (χ0v) is 14.1. The second-order valence-corrected chi connectivity index (χ2v) is 5.67. The lowest BCUT2D eigenvalue weighted by Crippen LogP contribution is -2.25. The molecule has 3 heteroatoms. The van der Waals surface area contributed by atoms with Gasteiger partial charge in [-0.3, -0.25) is 4.79 Å². The average Bonchev–Trinajstić information content (AvgIpc) is 2.53. The molecule has 0 spiro atoms. The van der Waals surface area contributed by atoms with Gasteiger partial charge in [0.1, 0.15) is 5.75 Å². The Hall–Kier alpha value is -2.55. The molecule has 3 nitrogen and oxygen atoms in total. The summed E-state index contributed by atoms with van der Waals surface area (Å²) in [7, 11) is 1.63. The first-order chi connectivity index (χ1) is 11.0. The Morgan fingerprint density at radius 1 is 1.17 bits per heavy atom. The number of carbonyl (C=O) groups is 1. The third kappa shape index (κ3) is 4.46. The van der Waals surface area contributed by atoms with Crippen molar-refractivity contribution in [3.63, 3.8) is 0 Å². The number of carbonyl (C=O) groups excluding carboxylic acids is 1. The fourth-order valence-corrected chi connectivity index (χ4v) is 2.56. The van der Waals surface area contributed by atoms with E-state index in [2.05, 4.69) is 5.32 Å². The summed E-state index contributed by atoms with van der Waals surface area (Å²) in [6.07, 6.45) is 3.33. The van der Waals surface area contributed by atoms with Crippen molar-refractivity contribution in [1.82, 2.24) is 5.32 Å². The minimum absolute atomic E-state index is 0.0345. The molecule has 2 aromatic rings. The van der Waals surface area contributed by atoms with Crippen LogP contribution in [0.5, 0.6) is 5.75 Å². The van der Waals surface area contributed by atoms with Gasteiger partial charge in [-0.15, -0.1) is 0 Å². The predicted octanol–water partition coefficient (Wildman–Crippen LogP) is 4.20. The van der Waals surface area contributed by atoms with Crippen molar-refractivity contribution < 1.29 is 9.53 Å². The van der Waals surface area contributed by atoms with Crippen LogP contribution in [0.25, 0.3) is 6.08 Å². The minimum Gasteiger partial charge on any atom is -0.496 e. The lowest BCUT2D eigenvalue weighted by molar-refractivity contribution is -0.117. The highest BCUT2D eigenvalue weighted by Crippen LogP contribution is 2.21. The number of benzene rings is 2. The molecule has 1 unspecified atom stereocenters. The van der Waals surface area contributed by atoms with Gasteiger partial charge in [-0.05, 0) is 50.1 Å². The Morgan fingerprint density at radius 2 is 1.91 bits per heavy atom. The van der Waals surface area contributed by atoms with E-state index in [4.69, 9.17) is 4.74 Å². The fourth-order valence-electron chi connectivity index (χ4n) is 2.56. The second kappa shape index (κ2) is 7.63. The zero-order valence-electron chi connectivity index (χ0n) is 14.1. The van der Waals surface area contributed by atoms with Crippen LogP contribution in [0.4, 0.5) is 0 Å². The predicted molar refractivity (Wildman–Crippen MR) is 94.5 cm³/mol. The number of hydrogen-bond donors (Lipinski definition) is 1. The molecule has 1 atom stereocenters. The van der Waals surface area contributed by atoms with Gasteiger partial charge in [0.2, 0.25) is 5.91 Å². The Balaban J connectivity index is 2.08. The number of ether oxygens (including phenoxy) is 1. The smallest absolute Gasteiger partial charge is 0.244 e. The number of rotatable bonds is 5. The van der Waals surface area contributed by atoms with Crippen molar-refractivity contribution in [2.24, 2.45) is 0 Å². The summed E-state index contributed by atoms with van der Waals surface area (Å²) >= 11 is 0. The van der Waals surface area contributed by atoms with Crippen molar-refractivity contribution in [1.29, 1.82) is 0 Å². The van der Waals surface area contributed by atoms with Crippen LogP contribution in [0.2, 0.25) is 0 Å². The topological polar surface area (TPSA) is 38.3 Å². The number of hydrogen-bond acceptors (Lipinski definition) is 2. The zero-order chi connectivity index (χ0) is 16.8.